The van der Waals surface area contributed by atoms with Crippen LogP contribution in [0.25, 0.3) is 0 Å². The molecule has 356 valence electrons. The predicted octanol–water partition coefficient (Wildman–Crippen LogP) is 17.6. The molecule has 0 bridgehead atoms. The number of esters is 3. The molecular formula is C54H104O6. The van der Waals surface area contributed by atoms with Crippen molar-refractivity contribution in [3.63, 3.8) is 0 Å². The summed E-state index contributed by atoms with van der Waals surface area (Å²) in [6.07, 6.45) is 53.7. The molecule has 0 saturated carbocycles. The number of unbranched alkanes of at least 4 members (excludes halogenated alkanes) is 39. The lowest BCUT2D eigenvalue weighted by Crippen LogP contribution is -2.30. The van der Waals surface area contributed by atoms with Crippen LogP contribution in [0.1, 0.15) is 310 Å². The molecule has 0 unspecified atom stereocenters. The van der Waals surface area contributed by atoms with E-state index in [1.165, 1.54) is 212 Å². The second kappa shape index (κ2) is 50.1. The molecule has 6 heteroatoms. The maximum atomic E-state index is 12.7. The molecule has 0 aromatic rings. The molecule has 0 N–H and O–H groups in total. The summed E-state index contributed by atoms with van der Waals surface area (Å²) in [4.78, 5) is 37.9. The monoisotopic (exact) mass is 849 g/mol. The molecule has 0 aromatic heterocycles. The molecule has 0 aliphatic carbocycles. The first-order chi connectivity index (χ1) is 29.5. The molecule has 0 amide bonds. The Balaban J connectivity index is 4.23. The van der Waals surface area contributed by atoms with Gasteiger partial charge in [0, 0.05) is 19.3 Å². The molecule has 0 heterocycles. The third kappa shape index (κ3) is 47.5. The van der Waals surface area contributed by atoms with Crippen LogP contribution >= 0.6 is 0 Å². The Hall–Kier alpha value is -1.59. The average Bonchev–Trinajstić information content (AvgIpc) is 3.24. The van der Waals surface area contributed by atoms with E-state index in [1.807, 2.05) is 0 Å². The summed E-state index contributed by atoms with van der Waals surface area (Å²) < 4.78 is 16.8. The highest BCUT2D eigenvalue weighted by atomic mass is 16.6. The Morgan fingerprint density at radius 2 is 0.450 bits per heavy atom. The van der Waals surface area contributed by atoms with Crippen molar-refractivity contribution in [1.82, 2.24) is 0 Å². The first-order valence-corrected chi connectivity index (χ1v) is 27.0. The first kappa shape index (κ1) is 58.4. The molecule has 0 aromatic carbocycles. The summed E-state index contributed by atoms with van der Waals surface area (Å²) in [5, 5.41) is 0. The minimum absolute atomic E-state index is 0.0617. The maximum Gasteiger partial charge on any atom is 0.306 e. The fraction of sp³-hybridized carbons (Fsp3) is 0.944. The molecule has 0 saturated heterocycles. The number of rotatable bonds is 50. The smallest absolute Gasteiger partial charge is 0.306 e. The van der Waals surface area contributed by atoms with Crippen molar-refractivity contribution >= 4 is 17.9 Å². The molecule has 0 spiro atoms. The lowest BCUT2D eigenvalue weighted by molar-refractivity contribution is -0.167. The summed E-state index contributed by atoms with van der Waals surface area (Å²) in [6, 6.07) is 0. The van der Waals surface area contributed by atoms with Crippen LogP contribution in [0.3, 0.4) is 0 Å². The van der Waals surface area contributed by atoms with Crippen molar-refractivity contribution < 1.29 is 28.6 Å². The largest absolute Gasteiger partial charge is 0.462 e. The standard InChI is InChI=1S/C54H104O6/c1-4-7-10-13-16-19-22-24-26-27-29-31-33-36-38-41-44-47-53(56)59-50-51(60-54(57)48-45-42-39-34-21-18-15-12-9-6-3)49-58-52(55)46-43-40-37-35-32-30-28-25-23-20-17-14-11-8-5-2/h51H,4-50H2,1-3H3/t51-/m1/s1. The molecule has 6 nitrogen and oxygen atoms in total. The first-order valence-electron chi connectivity index (χ1n) is 27.0. The molecule has 0 fully saturated rings. The predicted molar refractivity (Wildman–Crippen MR) is 257 cm³/mol. The maximum absolute atomic E-state index is 12.7. The minimum atomic E-state index is -0.759. The Labute approximate surface area is 374 Å². The quantitative estimate of drug-likeness (QED) is 0.0345. The molecule has 0 aliphatic heterocycles. The van der Waals surface area contributed by atoms with Gasteiger partial charge in [0.2, 0.25) is 0 Å². The van der Waals surface area contributed by atoms with Gasteiger partial charge in [-0.05, 0) is 19.3 Å². The Bertz CT molecular complexity index is 889. The molecular weight excluding hydrogens is 745 g/mol. The normalized spacial score (nSPS) is 11.8. The molecule has 60 heavy (non-hydrogen) atoms. The second-order valence-electron chi connectivity index (χ2n) is 18.5. The highest BCUT2D eigenvalue weighted by Gasteiger charge is 2.19. The van der Waals surface area contributed by atoms with E-state index < -0.39 is 6.10 Å². The van der Waals surface area contributed by atoms with Gasteiger partial charge in [0.15, 0.2) is 6.10 Å². The van der Waals surface area contributed by atoms with Gasteiger partial charge in [0.25, 0.3) is 0 Å². The van der Waals surface area contributed by atoms with Gasteiger partial charge < -0.3 is 14.2 Å². The zero-order chi connectivity index (χ0) is 43.7. The van der Waals surface area contributed by atoms with Gasteiger partial charge in [0.05, 0.1) is 0 Å². The molecule has 0 radical (unpaired) electrons. The van der Waals surface area contributed by atoms with Gasteiger partial charge in [-0.1, -0.05) is 271 Å². The van der Waals surface area contributed by atoms with E-state index in [0.29, 0.717) is 19.3 Å². The van der Waals surface area contributed by atoms with Crippen molar-refractivity contribution in [1.29, 1.82) is 0 Å². The van der Waals surface area contributed by atoms with Crippen LogP contribution < -0.4 is 0 Å². The molecule has 0 rings (SSSR count). The van der Waals surface area contributed by atoms with Gasteiger partial charge in [-0.15, -0.1) is 0 Å². The third-order valence-electron chi connectivity index (χ3n) is 12.4. The van der Waals surface area contributed by atoms with E-state index in [0.717, 1.165) is 57.8 Å². The number of carbonyl (C=O) groups excluding carboxylic acids is 3. The number of hydrogen-bond acceptors (Lipinski definition) is 6. The van der Waals surface area contributed by atoms with Crippen LogP contribution in [0, 0.1) is 0 Å². The number of ether oxygens (including phenoxy) is 3. The lowest BCUT2D eigenvalue weighted by Gasteiger charge is -2.18. The van der Waals surface area contributed by atoms with Crippen molar-refractivity contribution in [2.75, 3.05) is 13.2 Å². The van der Waals surface area contributed by atoms with Crippen LogP contribution in [0.4, 0.5) is 0 Å². The lowest BCUT2D eigenvalue weighted by atomic mass is 10.0. The van der Waals surface area contributed by atoms with Crippen molar-refractivity contribution in [2.24, 2.45) is 0 Å². The van der Waals surface area contributed by atoms with Crippen LogP contribution in [0.2, 0.25) is 0 Å². The number of hydrogen-bond donors (Lipinski definition) is 0. The third-order valence-corrected chi connectivity index (χ3v) is 12.4. The molecule has 0 aliphatic rings. The Morgan fingerprint density at radius 1 is 0.267 bits per heavy atom. The van der Waals surface area contributed by atoms with Crippen LogP contribution in [-0.2, 0) is 28.6 Å². The zero-order valence-electron chi connectivity index (χ0n) is 40.8. The van der Waals surface area contributed by atoms with Crippen molar-refractivity contribution in [3.8, 4) is 0 Å². The van der Waals surface area contributed by atoms with Crippen LogP contribution in [-0.4, -0.2) is 37.2 Å². The van der Waals surface area contributed by atoms with Crippen LogP contribution in [0.5, 0.6) is 0 Å². The second-order valence-corrected chi connectivity index (χ2v) is 18.5. The van der Waals surface area contributed by atoms with Gasteiger partial charge in [-0.25, -0.2) is 0 Å². The minimum Gasteiger partial charge on any atom is -0.462 e. The summed E-state index contributed by atoms with van der Waals surface area (Å²) >= 11 is 0. The summed E-state index contributed by atoms with van der Waals surface area (Å²) in [7, 11) is 0. The van der Waals surface area contributed by atoms with E-state index in [2.05, 4.69) is 20.8 Å². The van der Waals surface area contributed by atoms with E-state index >= 15 is 0 Å². The van der Waals surface area contributed by atoms with Gasteiger partial charge in [-0.2, -0.15) is 0 Å². The summed E-state index contributed by atoms with van der Waals surface area (Å²) in [5.41, 5.74) is 0. The van der Waals surface area contributed by atoms with E-state index in [1.54, 1.807) is 0 Å². The van der Waals surface area contributed by atoms with Crippen molar-refractivity contribution in [3.05, 3.63) is 0 Å². The summed E-state index contributed by atoms with van der Waals surface area (Å²) in [6.45, 7) is 6.68. The summed E-state index contributed by atoms with van der Waals surface area (Å²) in [5.74, 6) is -0.840. The van der Waals surface area contributed by atoms with Crippen LogP contribution in [0.15, 0.2) is 0 Å². The zero-order valence-corrected chi connectivity index (χ0v) is 40.8. The fourth-order valence-electron chi connectivity index (χ4n) is 8.27. The topological polar surface area (TPSA) is 78.9 Å². The van der Waals surface area contributed by atoms with Gasteiger partial charge in [-0.3, -0.25) is 14.4 Å². The van der Waals surface area contributed by atoms with Crippen molar-refractivity contribution in [2.45, 2.75) is 316 Å². The van der Waals surface area contributed by atoms with Gasteiger partial charge >= 0.3 is 17.9 Å². The highest BCUT2D eigenvalue weighted by molar-refractivity contribution is 5.71. The van der Waals surface area contributed by atoms with E-state index in [9.17, 15) is 14.4 Å². The highest BCUT2D eigenvalue weighted by Crippen LogP contribution is 2.17. The van der Waals surface area contributed by atoms with E-state index in [-0.39, 0.29) is 31.1 Å². The average molecular weight is 849 g/mol. The fourth-order valence-corrected chi connectivity index (χ4v) is 8.27. The number of carbonyl (C=O) groups is 3. The molecule has 1 atom stereocenters. The van der Waals surface area contributed by atoms with E-state index in [4.69, 9.17) is 14.2 Å². The SMILES string of the molecule is CCCCCCCCCCCCCCCCCCCC(=O)OC[C@@H](COC(=O)CCCCCCCCCCCCCCCCC)OC(=O)CCCCCCCCCCCC. The Kier molecular flexibility index (Phi) is 48.7. The Morgan fingerprint density at radius 3 is 0.667 bits per heavy atom. The van der Waals surface area contributed by atoms with Gasteiger partial charge in [0.1, 0.15) is 13.2 Å².